The molecule has 1 N–H and O–H groups in total. The van der Waals surface area contributed by atoms with E-state index in [-0.39, 0.29) is 56.0 Å². The van der Waals surface area contributed by atoms with E-state index < -0.39 is 28.2 Å². The van der Waals surface area contributed by atoms with Crippen LogP contribution in [0.3, 0.4) is 0 Å². The number of piperidine rings is 1. The number of aliphatic imine (C=N–C) groups is 1. The molecule has 0 bridgehead atoms. The number of hydrogen-bond acceptors (Lipinski definition) is 6. The zero-order valence-corrected chi connectivity index (χ0v) is 26.3. The van der Waals surface area contributed by atoms with Gasteiger partial charge in [-0.3, -0.25) is 19.6 Å². The smallest absolute Gasteiger partial charge is 0.312 e. The first-order chi connectivity index (χ1) is 20.0. The van der Waals surface area contributed by atoms with Gasteiger partial charge < -0.3 is 5.32 Å². The standard InChI is InChI=1S/C30H42F3N5O4S/c1-20-18-24(27(39)37(5)36(3)4)19-21(2)25(20)11-17-43(41,42)38-15-13-29(14-16-38)28(40)34-26(35-29)23-8-6-22(7-9-23)10-12-30(31,32)33/h11,17-19,22-23H,6-10,12-16H2,1-5H3,(H,34,35,40). The second-order valence-corrected chi connectivity index (χ2v) is 14.1. The highest BCUT2D eigenvalue weighted by atomic mass is 32.2. The van der Waals surface area contributed by atoms with E-state index in [1.807, 2.05) is 13.8 Å². The molecule has 2 heterocycles. The Kier molecular flexibility index (Phi) is 9.77. The minimum Gasteiger partial charge on any atom is -0.312 e. The number of rotatable bonds is 8. The maximum atomic E-state index is 13.2. The fraction of sp³-hybridized carbons (Fsp3) is 0.633. The molecule has 2 amide bonds. The van der Waals surface area contributed by atoms with E-state index in [0.717, 1.165) is 16.7 Å². The van der Waals surface area contributed by atoms with Crippen LogP contribution in [0.5, 0.6) is 0 Å². The molecule has 0 aromatic heterocycles. The van der Waals surface area contributed by atoms with E-state index in [4.69, 9.17) is 4.99 Å². The zero-order chi connectivity index (χ0) is 31.7. The van der Waals surface area contributed by atoms with Crippen molar-refractivity contribution in [3.63, 3.8) is 0 Å². The molecule has 1 spiro atoms. The van der Waals surface area contributed by atoms with E-state index >= 15 is 0 Å². The maximum absolute atomic E-state index is 13.2. The number of sulfonamides is 1. The Hall–Kier alpha value is -2.77. The van der Waals surface area contributed by atoms with Gasteiger partial charge >= 0.3 is 6.18 Å². The first-order valence-electron chi connectivity index (χ1n) is 14.7. The van der Waals surface area contributed by atoms with Crippen molar-refractivity contribution in [2.75, 3.05) is 34.2 Å². The van der Waals surface area contributed by atoms with Crippen LogP contribution < -0.4 is 5.32 Å². The van der Waals surface area contributed by atoms with Gasteiger partial charge in [0.2, 0.25) is 10.0 Å². The minimum atomic E-state index is -4.14. The molecule has 238 valence electrons. The fourth-order valence-electron chi connectivity index (χ4n) is 6.25. The van der Waals surface area contributed by atoms with Crippen molar-refractivity contribution in [1.29, 1.82) is 0 Å². The largest absolute Gasteiger partial charge is 0.389 e. The highest BCUT2D eigenvalue weighted by Crippen LogP contribution is 2.38. The van der Waals surface area contributed by atoms with Crippen molar-refractivity contribution in [3.8, 4) is 0 Å². The third kappa shape index (κ3) is 7.66. The fourth-order valence-corrected chi connectivity index (χ4v) is 7.42. The molecule has 3 aliphatic rings. The Morgan fingerprint density at radius 1 is 1.09 bits per heavy atom. The summed E-state index contributed by atoms with van der Waals surface area (Å²) in [4.78, 5) is 30.5. The summed E-state index contributed by atoms with van der Waals surface area (Å²) in [7, 11) is 1.44. The van der Waals surface area contributed by atoms with Gasteiger partial charge in [0.05, 0.1) is 0 Å². The summed E-state index contributed by atoms with van der Waals surface area (Å²) in [5.41, 5.74) is 1.78. The number of hydrazine groups is 1. The number of benzene rings is 1. The third-order valence-corrected chi connectivity index (χ3v) is 10.7. The van der Waals surface area contributed by atoms with Gasteiger partial charge in [-0.1, -0.05) is 0 Å². The molecule has 2 aliphatic heterocycles. The van der Waals surface area contributed by atoms with Crippen LogP contribution >= 0.6 is 0 Å². The normalized spacial score (nSPS) is 23.2. The second-order valence-electron chi connectivity index (χ2n) is 12.3. The number of nitrogens with zero attached hydrogens (tertiary/aromatic N) is 4. The Morgan fingerprint density at radius 2 is 1.67 bits per heavy atom. The first kappa shape index (κ1) is 33.1. The van der Waals surface area contributed by atoms with E-state index in [9.17, 15) is 31.2 Å². The number of aryl methyl sites for hydroxylation is 2. The quantitative estimate of drug-likeness (QED) is 0.424. The average molecular weight is 626 g/mol. The van der Waals surface area contributed by atoms with Crippen LogP contribution in [-0.2, 0) is 14.8 Å². The highest BCUT2D eigenvalue weighted by Gasteiger charge is 2.48. The van der Waals surface area contributed by atoms with Gasteiger partial charge in [0.15, 0.2) is 0 Å². The summed E-state index contributed by atoms with van der Waals surface area (Å²) >= 11 is 0. The molecule has 0 atom stereocenters. The lowest BCUT2D eigenvalue weighted by molar-refractivity contribution is -0.138. The lowest BCUT2D eigenvalue weighted by atomic mass is 9.79. The molecule has 13 heteroatoms. The number of carbonyl (C=O) groups excluding carboxylic acids is 2. The minimum absolute atomic E-state index is 0.00611. The molecule has 1 saturated heterocycles. The lowest BCUT2D eigenvalue weighted by Gasteiger charge is -2.34. The predicted octanol–water partition coefficient (Wildman–Crippen LogP) is 4.66. The molecule has 1 aromatic carbocycles. The zero-order valence-electron chi connectivity index (χ0n) is 25.5. The summed E-state index contributed by atoms with van der Waals surface area (Å²) in [6, 6.07) is 3.49. The van der Waals surface area contributed by atoms with Crippen molar-refractivity contribution in [2.24, 2.45) is 16.8 Å². The Balaban J connectivity index is 1.37. The van der Waals surface area contributed by atoms with E-state index in [1.165, 1.54) is 14.7 Å². The molecular weight excluding hydrogens is 583 g/mol. The SMILES string of the molecule is Cc1cc(C(=O)N(C)N(C)C)cc(C)c1C=CS(=O)(=O)N1CCC2(CC1)N=C(C1CCC(CCC(F)(F)F)CC1)NC2=O. The van der Waals surface area contributed by atoms with Gasteiger partial charge in [0.1, 0.15) is 11.4 Å². The molecule has 43 heavy (non-hydrogen) atoms. The van der Waals surface area contributed by atoms with Crippen molar-refractivity contribution in [3.05, 3.63) is 39.8 Å². The number of nitrogens with one attached hydrogen (secondary N) is 1. The molecule has 1 saturated carbocycles. The van der Waals surface area contributed by atoms with Crippen LogP contribution in [0.2, 0.25) is 0 Å². The van der Waals surface area contributed by atoms with Crippen molar-refractivity contribution >= 4 is 33.7 Å². The van der Waals surface area contributed by atoms with Gasteiger partial charge in [-0.2, -0.15) is 17.5 Å². The van der Waals surface area contributed by atoms with Crippen LogP contribution in [0.4, 0.5) is 13.2 Å². The number of alkyl halides is 3. The first-order valence-corrected chi connectivity index (χ1v) is 16.2. The topological polar surface area (TPSA) is 102 Å². The summed E-state index contributed by atoms with van der Waals surface area (Å²) in [6.07, 6.45) is 0.00641. The Morgan fingerprint density at radius 3 is 2.21 bits per heavy atom. The van der Waals surface area contributed by atoms with Crippen molar-refractivity contribution in [2.45, 2.75) is 76.9 Å². The summed E-state index contributed by atoms with van der Waals surface area (Å²) in [5.74, 6) is 0.239. The van der Waals surface area contributed by atoms with Crippen molar-refractivity contribution < 1.29 is 31.2 Å². The van der Waals surface area contributed by atoms with Gasteiger partial charge in [-0.15, -0.1) is 0 Å². The van der Waals surface area contributed by atoms with Crippen LogP contribution in [0, 0.1) is 25.7 Å². The third-order valence-electron chi connectivity index (χ3n) is 9.12. The number of amides is 2. The van der Waals surface area contributed by atoms with Gasteiger partial charge in [-0.05, 0) is 99.6 Å². The number of carbonyl (C=O) groups is 2. The van der Waals surface area contributed by atoms with E-state index in [2.05, 4.69) is 5.32 Å². The number of halogens is 3. The number of amidine groups is 1. The molecule has 4 rings (SSSR count). The predicted molar refractivity (Wildman–Crippen MR) is 160 cm³/mol. The summed E-state index contributed by atoms with van der Waals surface area (Å²) < 4.78 is 65.6. The van der Waals surface area contributed by atoms with Gasteiger partial charge in [0.25, 0.3) is 11.8 Å². The molecule has 1 aliphatic carbocycles. The van der Waals surface area contributed by atoms with Crippen molar-refractivity contribution in [1.82, 2.24) is 19.6 Å². The summed E-state index contributed by atoms with van der Waals surface area (Å²) in [6.45, 7) is 3.95. The van der Waals surface area contributed by atoms with Crippen LogP contribution in [0.1, 0.15) is 78.4 Å². The lowest BCUT2D eigenvalue weighted by Crippen LogP contribution is -2.50. The molecule has 0 unspecified atom stereocenters. The van der Waals surface area contributed by atoms with Crippen LogP contribution in [0.25, 0.3) is 6.08 Å². The average Bonchev–Trinajstić information content (AvgIpc) is 3.25. The van der Waals surface area contributed by atoms with Crippen LogP contribution in [-0.4, -0.2) is 86.3 Å². The molecule has 0 radical (unpaired) electrons. The Labute approximate surface area is 252 Å². The van der Waals surface area contributed by atoms with E-state index in [0.29, 0.717) is 37.1 Å². The maximum Gasteiger partial charge on any atom is 0.389 e. The van der Waals surface area contributed by atoms with Crippen LogP contribution in [0.15, 0.2) is 22.5 Å². The molecule has 2 fully saturated rings. The van der Waals surface area contributed by atoms with Gasteiger partial charge in [-0.25, -0.2) is 13.4 Å². The monoisotopic (exact) mass is 625 g/mol. The Bertz CT molecular complexity index is 1370. The molecule has 1 aromatic rings. The van der Waals surface area contributed by atoms with E-state index in [1.54, 1.807) is 44.4 Å². The van der Waals surface area contributed by atoms with Gasteiger partial charge in [0, 0.05) is 57.5 Å². The molecule has 9 nitrogen and oxygen atoms in total. The second kappa shape index (κ2) is 12.7. The molecular formula is C30H42F3N5O4S. The summed E-state index contributed by atoms with van der Waals surface area (Å²) in [5, 5.41) is 7.25. The number of hydrogen-bond donors (Lipinski definition) is 1. The highest BCUT2D eigenvalue weighted by molar-refractivity contribution is 7.92.